The van der Waals surface area contributed by atoms with Gasteiger partial charge in [-0.05, 0) is 6.42 Å². The molecule has 122 valence electrons. The maximum Gasteiger partial charge on any atom is 0.225 e. The maximum absolute atomic E-state index is 12.4. The number of aryl methyl sites for hydroxylation is 1. The van der Waals surface area contributed by atoms with Gasteiger partial charge in [-0.2, -0.15) is 5.10 Å². The Morgan fingerprint density at radius 1 is 1.33 bits per heavy atom. The maximum atomic E-state index is 12.4. The Balaban J connectivity index is 1.36. The quantitative estimate of drug-likeness (QED) is 0.791. The molecule has 7 heteroatoms. The summed E-state index contributed by atoms with van der Waals surface area (Å²) in [6, 6.07) is 10.1. The van der Waals surface area contributed by atoms with Crippen LogP contribution in [0.4, 0.5) is 0 Å². The zero-order chi connectivity index (χ0) is 16.4. The van der Waals surface area contributed by atoms with E-state index in [0.29, 0.717) is 13.1 Å². The highest BCUT2D eigenvalue weighted by Gasteiger charge is 2.25. The van der Waals surface area contributed by atoms with E-state index in [0.717, 1.165) is 34.9 Å². The fourth-order valence-electron chi connectivity index (χ4n) is 2.88. The molecule has 0 fully saturated rings. The van der Waals surface area contributed by atoms with Crippen LogP contribution in [0.1, 0.15) is 17.9 Å². The van der Waals surface area contributed by atoms with Gasteiger partial charge >= 0.3 is 0 Å². The molecule has 0 saturated carbocycles. The van der Waals surface area contributed by atoms with E-state index < -0.39 is 0 Å². The second-order valence-corrected chi connectivity index (χ2v) is 6.68. The molecule has 2 aromatic heterocycles. The number of carbonyl (C=O) groups is 1. The van der Waals surface area contributed by atoms with Crippen LogP contribution in [-0.2, 0) is 24.3 Å². The minimum atomic E-state index is -0.0496. The van der Waals surface area contributed by atoms with Crippen LogP contribution in [-0.4, -0.2) is 25.7 Å². The van der Waals surface area contributed by atoms with Crippen LogP contribution >= 0.6 is 11.3 Å². The molecule has 4 rings (SSSR count). The summed E-state index contributed by atoms with van der Waals surface area (Å²) in [5.74, 6) is 0.975. The highest BCUT2D eigenvalue weighted by molar-refractivity contribution is 7.13. The van der Waals surface area contributed by atoms with Crippen molar-refractivity contribution in [1.29, 1.82) is 0 Å². The molecule has 1 N–H and O–H groups in total. The van der Waals surface area contributed by atoms with Crippen molar-refractivity contribution in [1.82, 2.24) is 25.1 Å². The zero-order valence-corrected chi connectivity index (χ0v) is 13.9. The molecule has 1 amide bonds. The third-order valence-corrected chi connectivity index (χ3v) is 5.13. The highest BCUT2D eigenvalue weighted by atomic mass is 32.1. The standard InChI is InChI=1S/C17H17N5OS/c23-16(13-6-7-15-19-11-20-22(15)9-13)18-8-14-10-24-17(21-14)12-4-2-1-3-5-12/h1-5,10-11,13H,6-9H2,(H,18,23). The Morgan fingerprint density at radius 3 is 3.08 bits per heavy atom. The van der Waals surface area contributed by atoms with E-state index >= 15 is 0 Å². The normalized spacial score (nSPS) is 16.6. The van der Waals surface area contributed by atoms with E-state index in [2.05, 4.69) is 20.4 Å². The highest BCUT2D eigenvalue weighted by Crippen LogP contribution is 2.23. The fraction of sp³-hybridized carbons (Fsp3) is 0.294. The van der Waals surface area contributed by atoms with Gasteiger partial charge in [0.15, 0.2) is 0 Å². The second-order valence-electron chi connectivity index (χ2n) is 5.82. The molecular formula is C17H17N5OS. The van der Waals surface area contributed by atoms with Crippen LogP contribution < -0.4 is 5.32 Å². The predicted octanol–water partition coefficient (Wildman–Crippen LogP) is 2.28. The number of hydrogen-bond donors (Lipinski definition) is 1. The summed E-state index contributed by atoms with van der Waals surface area (Å²) in [6.45, 7) is 1.07. The molecule has 1 aliphatic heterocycles. The molecule has 24 heavy (non-hydrogen) atoms. The van der Waals surface area contributed by atoms with Crippen LogP contribution in [0.15, 0.2) is 42.0 Å². The van der Waals surface area contributed by atoms with Crippen LogP contribution in [0.2, 0.25) is 0 Å². The molecule has 1 aromatic carbocycles. The van der Waals surface area contributed by atoms with Gasteiger partial charge in [0.05, 0.1) is 24.7 Å². The lowest BCUT2D eigenvalue weighted by atomic mass is 9.99. The van der Waals surface area contributed by atoms with Gasteiger partial charge in [0, 0.05) is 17.4 Å². The molecule has 3 aromatic rings. The van der Waals surface area contributed by atoms with Gasteiger partial charge in [0.1, 0.15) is 17.2 Å². The van der Waals surface area contributed by atoms with Crippen LogP contribution in [0.3, 0.4) is 0 Å². The number of hydrogen-bond acceptors (Lipinski definition) is 5. The molecule has 1 aliphatic rings. The third-order valence-electron chi connectivity index (χ3n) is 4.19. The fourth-order valence-corrected chi connectivity index (χ4v) is 3.70. The van der Waals surface area contributed by atoms with Crippen molar-refractivity contribution in [3.63, 3.8) is 0 Å². The molecule has 0 bridgehead atoms. The van der Waals surface area contributed by atoms with Gasteiger partial charge in [0.25, 0.3) is 0 Å². The largest absolute Gasteiger partial charge is 0.350 e. The van der Waals surface area contributed by atoms with Gasteiger partial charge in [-0.1, -0.05) is 30.3 Å². The van der Waals surface area contributed by atoms with E-state index in [9.17, 15) is 4.79 Å². The summed E-state index contributed by atoms with van der Waals surface area (Å²) >= 11 is 1.60. The van der Waals surface area contributed by atoms with Crippen molar-refractivity contribution in [2.75, 3.05) is 0 Å². The van der Waals surface area contributed by atoms with Gasteiger partial charge in [-0.15, -0.1) is 11.3 Å². The van der Waals surface area contributed by atoms with Gasteiger partial charge in [-0.3, -0.25) is 4.79 Å². The monoisotopic (exact) mass is 339 g/mol. The van der Waals surface area contributed by atoms with Crippen LogP contribution in [0.25, 0.3) is 10.6 Å². The van der Waals surface area contributed by atoms with Crippen molar-refractivity contribution < 1.29 is 4.79 Å². The number of nitrogens with one attached hydrogen (secondary N) is 1. The van der Waals surface area contributed by atoms with E-state index in [1.165, 1.54) is 0 Å². The average Bonchev–Trinajstić information content (AvgIpc) is 3.29. The summed E-state index contributed by atoms with van der Waals surface area (Å²) in [5.41, 5.74) is 2.00. The van der Waals surface area contributed by atoms with Gasteiger partial charge in [0.2, 0.25) is 5.91 Å². The third kappa shape index (κ3) is 3.07. The van der Waals surface area contributed by atoms with Crippen LogP contribution in [0, 0.1) is 5.92 Å². The molecule has 6 nitrogen and oxygen atoms in total. The van der Waals surface area contributed by atoms with E-state index in [4.69, 9.17) is 0 Å². The molecular weight excluding hydrogens is 322 g/mol. The Hall–Kier alpha value is -2.54. The van der Waals surface area contributed by atoms with E-state index in [1.807, 2.05) is 40.4 Å². The first-order valence-electron chi connectivity index (χ1n) is 7.94. The van der Waals surface area contributed by atoms with Crippen molar-refractivity contribution >= 4 is 17.2 Å². The Labute approximate surface area is 143 Å². The Bertz CT molecular complexity index is 842. The summed E-state index contributed by atoms with van der Waals surface area (Å²) in [6.07, 6.45) is 3.17. The topological polar surface area (TPSA) is 72.7 Å². The molecule has 1 unspecified atom stereocenters. The summed E-state index contributed by atoms with van der Waals surface area (Å²) in [5, 5.41) is 10.1. The van der Waals surface area contributed by atoms with Crippen molar-refractivity contribution in [2.24, 2.45) is 5.92 Å². The minimum Gasteiger partial charge on any atom is -0.350 e. The minimum absolute atomic E-state index is 0.0496. The summed E-state index contributed by atoms with van der Waals surface area (Å²) < 4.78 is 1.82. The number of amides is 1. The molecule has 0 aliphatic carbocycles. The summed E-state index contributed by atoms with van der Waals surface area (Å²) in [7, 11) is 0. The molecule has 3 heterocycles. The lowest BCUT2D eigenvalue weighted by Crippen LogP contribution is -2.36. The Kier molecular flexibility index (Phi) is 4.08. The van der Waals surface area contributed by atoms with Crippen molar-refractivity contribution in [3.8, 4) is 10.6 Å². The first-order valence-corrected chi connectivity index (χ1v) is 8.82. The molecule has 1 atom stereocenters. The van der Waals surface area contributed by atoms with Gasteiger partial charge < -0.3 is 5.32 Å². The predicted molar refractivity (Wildman–Crippen MR) is 91.2 cm³/mol. The number of aromatic nitrogens is 4. The number of fused-ring (bicyclic) bond motifs is 1. The number of benzene rings is 1. The number of thiazole rings is 1. The van der Waals surface area contributed by atoms with Crippen molar-refractivity contribution in [3.05, 3.63) is 53.6 Å². The first kappa shape index (κ1) is 15.0. The smallest absolute Gasteiger partial charge is 0.225 e. The molecule has 0 spiro atoms. The van der Waals surface area contributed by atoms with E-state index in [-0.39, 0.29) is 11.8 Å². The van der Waals surface area contributed by atoms with Crippen molar-refractivity contribution in [2.45, 2.75) is 25.9 Å². The first-order chi connectivity index (χ1) is 11.8. The number of nitrogens with zero attached hydrogens (tertiary/aromatic N) is 4. The number of rotatable bonds is 4. The Morgan fingerprint density at radius 2 is 2.21 bits per heavy atom. The lowest BCUT2D eigenvalue weighted by Gasteiger charge is -2.21. The number of carbonyl (C=O) groups excluding carboxylic acids is 1. The zero-order valence-electron chi connectivity index (χ0n) is 13.1. The average molecular weight is 339 g/mol. The molecule has 0 saturated heterocycles. The summed E-state index contributed by atoms with van der Waals surface area (Å²) in [4.78, 5) is 21.2. The van der Waals surface area contributed by atoms with Crippen LogP contribution in [0.5, 0.6) is 0 Å². The molecule has 0 radical (unpaired) electrons. The second kappa shape index (κ2) is 6.52. The van der Waals surface area contributed by atoms with E-state index in [1.54, 1.807) is 17.7 Å². The lowest BCUT2D eigenvalue weighted by molar-refractivity contribution is -0.126. The SMILES string of the molecule is O=C(NCc1csc(-c2ccccc2)n1)C1CCc2ncnn2C1. The van der Waals surface area contributed by atoms with Gasteiger partial charge in [-0.25, -0.2) is 14.6 Å².